The first kappa shape index (κ1) is 13.7. The molecular formula is C14H21NO2. The third-order valence-electron chi connectivity index (χ3n) is 2.70. The highest BCUT2D eigenvalue weighted by molar-refractivity contribution is 5.99. The number of nitrogens with one attached hydrogen (secondary N) is 1. The van der Waals surface area contributed by atoms with Gasteiger partial charge in [-0.15, -0.1) is 0 Å². The number of hydrogen-bond donors (Lipinski definition) is 1. The van der Waals surface area contributed by atoms with Crippen molar-refractivity contribution >= 4 is 5.78 Å². The van der Waals surface area contributed by atoms with Gasteiger partial charge in [0.05, 0.1) is 12.7 Å². The average molecular weight is 235 g/mol. The molecule has 94 valence electrons. The number of carbonyl (C=O) groups excluding carboxylic acids is 1. The monoisotopic (exact) mass is 235 g/mol. The molecule has 1 unspecified atom stereocenters. The first-order valence-electron chi connectivity index (χ1n) is 5.99. The van der Waals surface area contributed by atoms with E-state index in [-0.39, 0.29) is 11.8 Å². The molecule has 0 saturated carbocycles. The lowest BCUT2D eigenvalue weighted by Crippen LogP contribution is -2.28. The van der Waals surface area contributed by atoms with Crippen LogP contribution in [0.25, 0.3) is 0 Å². The van der Waals surface area contributed by atoms with Crippen LogP contribution in [0.1, 0.15) is 36.2 Å². The van der Waals surface area contributed by atoms with Crippen molar-refractivity contribution in [2.24, 2.45) is 0 Å². The van der Waals surface area contributed by atoms with Crippen LogP contribution in [-0.2, 0) is 0 Å². The van der Waals surface area contributed by atoms with Crippen LogP contribution >= 0.6 is 0 Å². The molecular weight excluding hydrogens is 214 g/mol. The summed E-state index contributed by atoms with van der Waals surface area (Å²) in [6, 6.07) is 5.88. The van der Waals surface area contributed by atoms with Gasteiger partial charge < -0.3 is 10.1 Å². The van der Waals surface area contributed by atoms with Crippen LogP contribution in [0.5, 0.6) is 5.75 Å². The molecule has 0 aliphatic carbocycles. The van der Waals surface area contributed by atoms with Crippen LogP contribution in [-0.4, -0.2) is 25.5 Å². The Morgan fingerprint density at radius 3 is 2.76 bits per heavy atom. The van der Waals surface area contributed by atoms with Gasteiger partial charge in [0.1, 0.15) is 5.75 Å². The van der Waals surface area contributed by atoms with Gasteiger partial charge in [-0.05, 0) is 32.5 Å². The maximum absolute atomic E-state index is 12.1. The van der Waals surface area contributed by atoms with Gasteiger partial charge in [0, 0.05) is 12.5 Å². The van der Waals surface area contributed by atoms with E-state index in [1.807, 2.05) is 39.0 Å². The lowest BCUT2D eigenvalue weighted by Gasteiger charge is -2.13. The Balaban J connectivity index is 2.83. The molecule has 1 aromatic carbocycles. The van der Waals surface area contributed by atoms with Crippen LogP contribution in [0.4, 0.5) is 0 Å². The summed E-state index contributed by atoms with van der Waals surface area (Å²) in [6.07, 6.45) is 0.494. The number of aryl methyl sites for hydroxylation is 1. The van der Waals surface area contributed by atoms with E-state index < -0.39 is 0 Å². The Hall–Kier alpha value is -1.35. The fraction of sp³-hybridized carbons (Fsp3) is 0.500. The Morgan fingerprint density at radius 2 is 2.18 bits per heavy atom. The minimum absolute atomic E-state index is 0.124. The van der Waals surface area contributed by atoms with Crippen LogP contribution in [0, 0.1) is 6.92 Å². The number of rotatable bonds is 6. The maximum Gasteiger partial charge on any atom is 0.168 e. The first-order valence-corrected chi connectivity index (χ1v) is 5.99. The zero-order valence-corrected chi connectivity index (χ0v) is 11.0. The highest BCUT2D eigenvalue weighted by atomic mass is 16.5. The molecule has 1 N–H and O–H groups in total. The Labute approximate surface area is 103 Å². The third kappa shape index (κ3) is 3.86. The zero-order chi connectivity index (χ0) is 12.8. The fourth-order valence-corrected chi connectivity index (χ4v) is 1.85. The molecule has 0 radical (unpaired) electrons. The number of benzene rings is 1. The molecule has 0 spiro atoms. The molecule has 0 amide bonds. The van der Waals surface area contributed by atoms with Crippen LogP contribution in [0.15, 0.2) is 18.2 Å². The van der Waals surface area contributed by atoms with E-state index in [4.69, 9.17) is 4.74 Å². The molecule has 1 rings (SSSR count). The first-order chi connectivity index (χ1) is 8.08. The summed E-state index contributed by atoms with van der Waals surface area (Å²) in [5.41, 5.74) is 1.75. The number of carbonyl (C=O) groups is 1. The summed E-state index contributed by atoms with van der Waals surface area (Å²) in [4.78, 5) is 12.1. The topological polar surface area (TPSA) is 38.3 Å². The molecule has 0 aliphatic rings. The molecule has 0 aromatic heterocycles. The van der Waals surface area contributed by atoms with Crippen molar-refractivity contribution in [1.29, 1.82) is 0 Å². The van der Waals surface area contributed by atoms with Gasteiger partial charge in [-0.1, -0.05) is 18.6 Å². The van der Waals surface area contributed by atoms with Crippen molar-refractivity contribution in [3.63, 3.8) is 0 Å². The summed E-state index contributed by atoms with van der Waals surface area (Å²) >= 11 is 0. The Kier molecular flexibility index (Phi) is 5.16. The van der Waals surface area contributed by atoms with Gasteiger partial charge in [-0.25, -0.2) is 0 Å². The second kappa shape index (κ2) is 6.40. The van der Waals surface area contributed by atoms with Crippen LogP contribution in [0.2, 0.25) is 0 Å². The summed E-state index contributed by atoms with van der Waals surface area (Å²) in [7, 11) is 1.59. The lowest BCUT2D eigenvalue weighted by atomic mass is 10.0. The predicted octanol–water partition coefficient (Wildman–Crippen LogP) is 2.57. The number of methoxy groups -OCH3 is 1. The van der Waals surface area contributed by atoms with Gasteiger partial charge in [-0.3, -0.25) is 4.79 Å². The molecule has 3 nitrogen and oxygen atoms in total. The minimum Gasteiger partial charge on any atom is -0.496 e. The molecule has 0 aliphatic heterocycles. The van der Waals surface area contributed by atoms with Crippen molar-refractivity contribution in [2.45, 2.75) is 33.2 Å². The summed E-state index contributed by atoms with van der Waals surface area (Å²) in [5, 5.41) is 3.24. The lowest BCUT2D eigenvalue weighted by molar-refractivity contribution is 0.0969. The van der Waals surface area contributed by atoms with E-state index in [9.17, 15) is 4.79 Å². The van der Waals surface area contributed by atoms with E-state index in [2.05, 4.69) is 5.32 Å². The fourth-order valence-electron chi connectivity index (χ4n) is 1.85. The van der Waals surface area contributed by atoms with E-state index in [0.29, 0.717) is 17.7 Å². The quantitative estimate of drug-likeness (QED) is 0.770. The smallest absolute Gasteiger partial charge is 0.168 e. The van der Waals surface area contributed by atoms with Crippen molar-refractivity contribution in [2.75, 3.05) is 13.7 Å². The van der Waals surface area contributed by atoms with Gasteiger partial charge in [-0.2, -0.15) is 0 Å². The average Bonchev–Trinajstić information content (AvgIpc) is 2.29. The summed E-state index contributed by atoms with van der Waals surface area (Å²) in [5.74, 6) is 0.781. The number of ether oxygens (including phenoxy) is 1. The van der Waals surface area contributed by atoms with Gasteiger partial charge >= 0.3 is 0 Å². The number of hydrogen-bond acceptors (Lipinski definition) is 3. The van der Waals surface area contributed by atoms with Crippen LogP contribution < -0.4 is 10.1 Å². The Bertz CT molecular complexity index is 388. The number of ketones is 1. The van der Waals surface area contributed by atoms with Crippen molar-refractivity contribution < 1.29 is 9.53 Å². The third-order valence-corrected chi connectivity index (χ3v) is 2.70. The molecule has 0 saturated heterocycles. The summed E-state index contributed by atoms with van der Waals surface area (Å²) in [6.45, 7) is 6.90. The maximum atomic E-state index is 12.1. The van der Waals surface area contributed by atoms with E-state index in [0.717, 1.165) is 12.1 Å². The second-order valence-corrected chi connectivity index (χ2v) is 4.29. The van der Waals surface area contributed by atoms with Crippen molar-refractivity contribution in [3.8, 4) is 5.75 Å². The molecule has 0 bridgehead atoms. The standard InChI is InChI=1S/C14H21NO2/c1-5-15-11(3)9-13(16)12-8-10(2)6-7-14(12)17-4/h6-8,11,15H,5,9H2,1-4H3. The highest BCUT2D eigenvalue weighted by Crippen LogP contribution is 2.21. The molecule has 0 fully saturated rings. The van der Waals surface area contributed by atoms with E-state index >= 15 is 0 Å². The van der Waals surface area contributed by atoms with E-state index in [1.165, 1.54) is 0 Å². The van der Waals surface area contributed by atoms with Gasteiger partial charge in [0.25, 0.3) is 0 Å². The Morgan fingerprint density at radius 1 is 1.47 bits per heavy atom. The predicted molar refractivity (Wildman–Crippen MR) is 69.8 cm³/mol. The normalized spacial score (nSPS) is 12.2. The summed E-state index contributed by atoms with van der Waals surface area (Å²) < 4.78 is 5.22. The van der Waals surface area contributed by atoms with Crippen molar-refractivity contribution in [3.05, 3.63) is 29.3 Å². The SMILES string of the molecule is CCNC(C)CC(=O)c1cc(C)ccc1OC. The number of Topliss-reactive ketones (excluding diaryl/α,β-unsaturated/α-hetero) is 1. The van der Waals surface area contributed by atoms with Gasteiger partial charge in [0.15, 0.2) is 5.78 Å². The minimum atomic E-state index is 0.124. The van der Waals surface area contributed by atoms with E-state index in [1.54, 1.807) is 7.11 Å². The second-order valence-electron chi connectivity index (χ2n) is 4.29. The molecule has 1 atom stereocenters. The molecule has 0 heterocycles. The largest absolute Gasteiger partial charge is 0.496 e. The molecule has 3 heteroatoms. The van der Waals surface area contributed by atoms with Crippen molar-refractivity contribution in [1.82, 2.24) is 5.32 Å². The molecule has 1 aromatic rings. The highest BCUT2D eigenvalue weighted by Gasteiger charge is 2.15. The molecule has 17 heavy (non-hydrogen) atoms. The van der Waals surface area contributed by atoms with Crippen LogP contribution in [0.3, 0.4) is 0 Å². The van der Waals surface area contributed by atoms with Gasteiger partial charge in [0.2, 0.25) is 0 Å². The zero-order valence-electron chi connectivity index (χ0n) is 11.0.